The maximum Gasteiger partial charge on any atom is 0.262 e. The Morgan fingerprint density at radius 2 is 2.00 bits per heavy atom. The molecule has 0 spiro atoms. The number of nitrogen functional groups attached to an aromatic ring is 1. The SMILES string of the molecule is Nc1cc(C(=O)n2cc(CO)c3ccccc32)ccc1Cl. The van der Waals surface area contributed by atoms with E-state index in [0.717, 1.165) is 10.9 Å². The van der Waals surface area contributed by atoms with E-state index in [9.17, 15) is 9.90 Å². The highest BCUT2D eigenvalue weighted by Crippen LogP contribution is 2.24. The smallest absolute Gasteiger partial charge is 0.262 e. The summed E-state index contributed by atoms with van der Waals surface area (Å²) in [6.07, 6.45) is 1.65. The lowest BCUT2D eigenvalue weighted by Gasteiger charge is -2.06. The third-order valence-electron chi connectivity index (χ3n) is 3.43. The molecule has 0 atom stereocenters. The molecule has 1 aromatic heterocycles. The van der Waals surface area contributed by atoms with E-state index in [2.05, 4.69) is 0 Å². The van der Waals surface area contributed by atoms with E-state index in [1.54, 1.807) is 24.4 Å². The number of hydrogen-bond donors (Lipinski definition) is 2. The third-order valence-corrected chi connectivity index (χ3v) is 3.77. The molecule has 0 saturated carbocycles. The van der Waals surface area contributed by atoms with Gasteiger partial charge in [-0.3, -0.25) is 9.36 Å². The van der Waals surface area contributed by atoms with Crippen molar-refractivity contribution in [1.29, 1.82) is 0 Å². The molecule has 0 aliphatic carbocycles. The molecule has 0 amide bonds. The summed E-state index contributed by atoms with van der Waals surface area (Å²) in [5.41, 5.74) is 8.02. The average Bonchev–Trinajstić information content (AvgIpc) is 2.88. The van der Waals surface area contributed by atoms with E-state index < -0.39 is 0 Å². The molecular weight excluding hydrogens is 288 g/mol. The number of hydrogen-bond acceptors (Lipinski definition) is 3. The molecule has 0 bridgehead atoms. The Labute approximate surface area is 126 Å². The third kappa shape index (κ3) is 2.28. The predicted molar refractivity (Wildman–Crippen MR) is 83.5 cm³/mol. The van der Waals surface area contributed by atoms with Crippen molar-refractivity contribution >= 4 is 34.1 Å². The van der Waals surface area contributed by atoms with Crippen LogP contribution in [0.4, 0.5) is 5.69 Å². The van der Waals surface area contributed by atoms with Gasteiger partial charge in [-0.2, -0.15) is 0 Å². The maximum atomic E-state index is 12.6. The lowest BCUT2D eigenvalue weighted by Crippen LogP contribution is -2.11. The summed E-state index contributed by atoms with van der Waals surface area (Å²) < 4.78 is 1.52. The number of aliphatic hydroxyl groups is 1. The van der Waals surface area contributed by atoms with E-state index in [1.807, 2.05) is 24.3 Å². The van der Waals surface area contributed by atoms with E-state index >= 15 is 0 Å². The van der Waals surface area contributed by atoms with E-state index in [0.29, 0.717) is 21.8 Å². The van der Waals surface area contributed by atoms with Crippen LogP contribution in [0.3, 0.4) is 0 Å². The molecule has 0 aliphatic heterocycles. The van der Waals surface area contributed by atoms with E-state index in [4.69, 9.17) is 17.3 Å². The van der Waals surface area contributed by atoms with Crippen molar-refractivity contribution in [2.75, 3.05) is 5.73 Å². The van der Waals surface area contributed by atoms with Crippen molar-refractivity contribution in [3.8, 4) is 0 Å². The minimum Gasteiger partial charge on any atom is -0.398 e. The number of carbonyl (C=O) groups excluding carboxylic acids is 1. The van der Waals surface area contributed by atoms with Crippen molar-refractivity contribution < 1.29 is 9.90 Å². The molecule has 1 heterocycles. The first kappa shape index (κ1) is 13.7. The second kappa shape index (κ2) is 5.24. The number of carbonyl (C=O) groups is 1. The molecule has 5 heteroatoms. The number of nitrogens with two attached hydrogens (primary N) is 1. The van der Waals surface area contributed by atoms with Gasteiger partial charge in [-0.15, -0.1) is 0 Å². The van der Waals surface area contributed by atoms with Crippen molar-refractivity contribution in [3.05, 3.63) is 64.8 Å². The van der Waals surface area contributed by atoms with Crippen LogP contribution in [0, 0.1) is 0 Å². The van der Waals surface area contributed by atoms with Crippen molar-refractivity contribution in [3.63, 3.8) is 0 Å². The number of nitrogens with zero attached hydrogens (tertiary/aromatic N) is 1. The zero-order valence-corrected chi connectivity index (χ0v) is 11.8. The van der Waals surface area contributed by atoms with Crippen molar-refractivity contribution in [2.45, 2.75) is 6.61 Å². The fraction of sp³-hybridized carbons (Fsp3) is 0.0625. The summed E-state index contributed by atoms with van der Waals surface area (Å²) in [5, 5.41) is 10.7. The van der Waals surface area contributed by atoms with Crippen LogP contribution in [0.1, 0.15) is 15.9 Å². The van der Waals surface area contributed by atoms with E-state index in [1.165, 1.54) is 4.57 Å². The molecule has 0 saturated heterocycles. The van der Waals surface area contributed by atoms with Crippen LogP contribution < -0.4 is 5.73 Å². The monoisotopic (exact) mass is 300 g/mol. The second-order valence-electron chi connectivity index (χ2n) is 4.74. The first-order chi connectivity index (χ1) is 10.1. The van der Waals surface area contributed by atoms with Crippen LogP contribution in [-0.4, -0.2) is 15.6 Å². The van der Waals surface area contributed by atoms with Gasteiger partial charge in [0.1, 0.15) is 0 Å². The molecule has 0 aliphatic rings. The Bertz CT molecular complexity index is 839. The number of anilines is 1. The van der Waals surface area contributed by atoms with Crippen LogP contribution in [0.2, 0.25) is 5.02 Å². The molecule has 2 aromatic carbocycles. The van der Waals surface area contributed by atoms with Crippen LogP contribution in [-0.2, 0) is 6.61 Å². The Hall–Kier alpha value is -2.30. The summed E-state index contributed by atoms with van der Waals surface area (Å²) >= 11 is 5.88. The van der Waals surface area contributed by atoms with Crippen LogP contribution in [0.5, 0.6) is 0 Å². The summed E-state index contributed by atoms with van der Waals surface area (Å²) in [4.78, 5) is 12.6. The van der Waals surface area contributed by atoms with Gasteiger partial charge in [0, 0.05) is 22.7 Å². The molecule has 0 unspecified atom stereocenters. The fourth-order valence-corrected chi connectivity index (χ4v) is 2.48. The number of fused-ring (bicyclic) bond motifs is 1. The zero-order chi connectivity index (χ0) is 15.0. The zero-order valence-electron chi connectivity index (χ0n) is 11.1. The first-order valence-corrected chi connectivity index (χ1v) is 6.79. The fourth-order valence-electron chi connectivity index (χ4n) is 2.36. The summed E-state index contributed by atoms with van der Waals surface area (Å²) in [7, 11) is 0. The van der Waals surface area contributed by atoms with Gasteiger partial charge in [-0.25, -0.2) is 0 Å². The first-order valence-electron chi connectivity index (χ1n) is 6.41. The van der Waals surface area contributed by atoms with Crippen LogP contribution in [0.25, 0.3) is 10.9 Å². The second-order valence-corrected chi connectivity index (χ2v) is 5.15. The van der Waals surface area contributed by atoms with Gasteiger partial charge in [0.25, 0.3) is 5.91 Å². The number of benzene rings is 2. The minimum atomic E-state index is -0.214. The Morgan fingerprint density at radius 1 is 1.24 bits per heavy atom. The van der Waals surface area contributed by atoms with Gasteiger partial charge in [0.15, 0.2) is 0 Å². The molecular formula is C16H13ClN2O2. The van der Waals surface area contributed by atoms with Crippen molar-refractivity contribution in [2.24, 2.45) is 0 Å². The van der Waals surface area contributed by atoms with Gasteiger partial charge in [-0.05, 0) is 24.3 Å². The molecule has 106 valence electrons. The molecule has 3 aromatic rings. The summed E-state index contributed by atoms with van der Waals surface area (Å²) in [6.45, 7) is -0.121. The quantitative estimate of drug-likeness (QED) is 0.715. The Balaban J connectivity index is 2.15. The molecule has 0 fully saturated rings. The largest absolute Gasteiger partial charge is 0.398 e. The van der Waals surface area contributed by atoms with E-state index in [-0.39, 0.29) is 12.5 Å². The number of rotatable bonds is 2. The van der Waals surface area contributed by atoms with Crippen molar-refractivity contribution in [1.82, 2.24) is 4.57 Å². The highest BCUT2D eigenvalue weighted by molar-refractivity contribution is 6.33. The topological polar surface area (TPSA) is 68.2 Å². The molecule has 0 radical (unpaired) electrons. The Kier molecular flexibility index (Phi) is 3.41. The number of aliphatic hydroxyl groups excluding tert-OH is 1. The van der Waals surface area contributed by atoms with Gasteiger partial charge >= 0.3 is 0 Å². The maximum absolute atomic E-state index is 12.6. The minimum absolute atomic E-state index is 0.121. The van der Waals surface area contributed by atoms with Gasteiger partial charge in [0.05, 0.1) is 22.8 Å². The average molecular weight is 301 g/mol. The normalized spacial score (nSPS) is 11.0. The Morgan fingerprint density at radius 3 is 2.71 bits per heavy atom. The lowest BCUT2D eigenvalue weighted by molar-refractivity contribution is 0.0964. The van der Waals surface area contributed by atoms with Crippen LogP contribution in [0.15, 0.2) is 48.7 Å². The summed E-state index contributed by atoms with van der Waals surface area (Å²) in [6, 6.07) is 12.2. The predicted octanol–water partition coefficient (Wildman–Crippen LogP) is 3.06. The number of aromatic nitrogens is 1. The highest BCUT2D eigenvalue weighted by Gasteiger charge is 2.15. The van der Waals surface area contributed by atoms with Crippen LogP contribution >= 0.6 is 11.6 Å². The van der Waals surface area contributed by atoms with Gasteiger partial charge in [-0.1, -0.05) is 29.8 Å². The number of para-hydroxylation sites is 1. The lowest BCUT2D eigenvalue weighted by atomic mass is 10.2. The number of halogens is 1. The molecule has 3 rings (SSSR count). The summed E-state index contributed by atoms with van der Waals surface area (Å²) in [5.74, 6) is -0.214. The molecule has 3 N–H and O–H groups in total. The molecule has 4 nitrogen and oxygen atoms in total. The highest BCUT2D eigenvalue weighted by atomic mass is 35.5. The van der Waals surface area contributed by atoms with Gasteiger partial charge < -0.3 is 10.8 Å². The van der Waals surface area contributed by atoms with Gasteiger partial charge in [0.2, 0.25) is 0 Å². The molecule has 21 heavy (non-hydrogen) atoms. The standard InChI is InChI=1S/C16H13ClN2O2/c17-13-6-5-10(7-14(13)18)16(21)19-8-11(9-20)12-3-1-2-4-15(12)19/h1-8,20H,9,18H2.